The molecule has 0 unspecified atom stereocenters. The van der Waals surface area contributed by atoms with E-state index in [1.165, 1.54) is 13.8 Å². The van der Waals surface area contributed by atoms with Crippen molar-refractivity contribution in [3.8, 4) is 0 Å². The lowest BCUT2D eigenvalue weighted by atomic mass is 9.89. The second-order valence-electron chi connectivity index (χ2n) is 6.85. The Hall–Kier alpha value is -2.37. The molecule has 0 aliphatic carbocycles. The van der Waals surface area contributed by atoms with E-state index in [4.69, 9.17) is 5.11 Å². The molecule has 1 aromatic rings. The molecule has 0 saturated carbocycles. The van der Waals surface area contributed by atoms with Crippen LogP contribution in [0.15, 0.2) is 24.3 Å². The SMILES string of the molecule is CC(=O)N(Cc1ccc(NC(=O)CC(C)(C)C(=O)O)cc1)C(C)C. The predicted molar refractivity (Wildman–Crippen MR) is 92.5 cm³/mol. The standard InChI is InChI=1S/C18H26N2O4/c1-12(2)20(13(3)21)11-14-6-8-15(9-7-14)19-16(22)10-18(4,5)17(23)24/h6-9,12H,10-11H2,1-5H3,(H,19,22)(H,23,24). The number of benzene rings is 1. The molecule has 0 aliphatic rings. The highest BCUT2D eigenvalue weighted by molar-refractivity contribution is 5.94. The maximum absolute atomic E-state index is 11.9. The van der Waals surface area contributed by atoms with Gasteiger partial charge in [0.2, 0.25) is 11.8 Å². The van der Waals surface area contributed by atoms with Crippen LogP contribution in [0.5, 0.6) is 0 Å². The molecule has 0 bridgehead atoms. The number of carboxylic acid groups (broad SMARTS) is 1. The van der Waals surface area contributed by atoms with E-state index < -0.39 is 11.4 Å². The lowest BCUT2D eigenvalue weighted by Crippen LogP contribution is -2.34. The second kappa shape index (κ2) is 7.95. The Balaban J connectivity index is 2.69. The summed E-state index contributed by atoms with van der Waals surface area (Å²) in [5.41, 5.74) is 0.454. The number of hydrogen-bond donors (Lipinski definition) is 2. The lowest BCUT2D eigenvalue weighted by Gasteiger charge is -2.25. The quantitative estimate of drug-likeness (QED) is 0.803. The summed E-state index contributed by atoms with van der Waals surface area (Å²) < 4.78 is 0. The minimum atomic E-state index is -1.11. The Labute approximate surface area is 142 Å². The molecule has 0 atom stereocenters. The van der Waals surface area contributed by atoms with E-state index in [-0.39, 0.29) is 24.3 Å². The molecule has 0 saturated heterocycles. The number of anilines is 1. The Morgan fingerprint density at radius 1 is 1.17 bits per heavy atom. The number of hydrogen-bond acceptors (Lipinski definition) is 3. The van der Waals surface area contributed by atoms with Crippen LogP contribution in [0.1, 0.15) is 46.6 Å². The van der Waals surface area contributed by atoms with Crippen LogP contribution >= 0.6 is 0 Å². The molecule has 2 N–H and O–H groups in total. The Morgan fingerprint density at radius 3 is 2.12 bits per heavy atom. The third kappa shape index (κ3) is 5.68. The number of carbonyl (C=O) groups is 3. The summed E-state index contributed by atoms with van der Waals surface area (Å²) in [4.78, 5) is 36.4. The molecule has 1 rings (SSSR count). The fraction of sp³-hybridized carbons (Fsp3) is 0.500. The number of aliphatic carboxylic acids is 1. The van der Waals surface area contributed by atoms with Gasteiger partial charge in [0.25, 0.3) is 0 Å². The smallest absolute Gasteiger partial charge is 0.309 e. The third-order valence-corrected chi connectivity index (χ3v) is 3.80. The summed E-state index contributed by atoms with van der Waals surface area (Å²) in [7, 11) is 0. The highest BCUT2D eigenvalue weighted by Gasteiger charge is 2.30. The maximum Gasteiger partial charge on any atom is 0.309 e. The summed E-state index contributed by atoms with van der Waals surface area (Å²) in [5.74, 6) is -1.34. The zero-order valence-electron chi connectivity index (χ0n) is 14.9. The summed E-state index contributed by atoms with van der Waals surface area (Å²) in [5, 5.41) is 11.8. The molecule has 0 aromatic heterocycles. The van der Waals surface area contributed by atoms with Crippen molar-refractivity contribution in [3.63, 3.8) is 0 Å². The lowest BCUT2D eigenvalue weighted by molar-refractivity contribution is -0.149. The number of carbonyl (C=O) groups excluding carboxylic acids is 2. The minimum Gasteiger partial charge on any atom is -0.481 e. The number of nitrogens with zero attached hydrogens (tertiary/aromatic N) is 1. The van der Waals surface area contributed by atoms with Crippen molar-refractivity contribution in [3.05, 3.63) is 29.8 Å². The molecule has 6 heteroatoms. The average molecular weight is 334 g/mol. The Kier molecular flexibility index (Phi) is 6.51. The molecule has 0 spiro atoms. The van der Waals surface area contributed by atoms with Gasteiger partial charge in [-0.1, -0.05) is 12.1 Å². The Bertz CT molecular complexity index is 606. The van der Waals surface area contributed by atoms with E-state index in [1.54, 1.807) is 24.0 Å². The van der Waals surface area contributed by atoms with Gasteiger partial charge in [0.05, 0.1) is 5.41 Å². The van der Waals surface area contributed by atoms with Crippen LogP contribution in [0.25, 0.3) is 0 Å². The molecule has 0 aliphatic heterocycles. The first kappa shape index (κ1) is 19.7. The van der Waals surface area contributed by atoms with E-state index in [0.29, 0.717) is 12.2 Å². The third-order valence-electron chi connectivity index (χ3n) is 3.80. The van der Waals surface area contributed by atoms with Gasteiger partial charge in [0.15, 0.2) is 0 Å². The number of carboxylic acids is 1. The molecule has 0 fully saturated rings. The van der Waals surface area contributed by atoms with Crippen LogP contribution in [0.4, 0.5) is 5.69 Å². The fourth-order valence-corrected chi connectivity index (χ4v) is 2.23. The van der Waals surface area contributed by atoms with Gasteiger partial charge in [-0.15, -0.1) is 0 Å². The van der Waals surface area contributed by atoms with Gasteiger partial charge >= 0.3 is 5.97 Å². The van der Waals surface area contributed by atoms with Crippen molar-refractivity contribution in [1.82, 2.24) is 4.90 Å². The van der Waals surface area contributed by atoms with Gasteiger partial charge < -0.3 is 15.3 Å². The van der Waals surface area contributed by atoms with E-state index >= 15 is 0 Å². The van der Waals surface area contributed by atoms with E-state index in [1.807, 2.05) is 26.0 Å². The Morgan fingerprint density at radius 2 is 1.71 bits per heavy atom. The summed E-state index contributed by atoms with van der Waals surface area (Å²) in [6.07, 6.45) is -0.102. The van der Waals surface area contributed by atoms with Gasteiger partial charge in [-0.25, -0.2) is 0 Å². The molecule has 132 valence electrons. The first-order valence-corrected chi connectivity index (χ1v) is 7.92. The van der Waals surface area contributed by atoms with Crippen molar-refractivity contribution in [2.45, 2.75) is 53.6 Å². The van der Waals surface area contributed by atoms with Crippen molar-refractivity contribution in [2.75, 3.05) is 5.32 Å². The number of nitrogens with one attached hydrogen (secondary N) is 1. The van der Waals surface area contributed by atoms with E-state index in [9.17, 15) is 14.4 Å². The number of amides is 2. The fourth-order valence-electron chi connectivity index (χ4n) is 2.23. The highest BCUT2D eigenvalue weighted by atomic mass is 16.4. The van der Waals surface area contributed by atoms with Gasteiger partial charge in [0, 0.05) is 31.6 Å². The van der Waals surface area contributed by atoms with Crippen molar-refractivity contribution in [1.29, 1.82) is 0 Å². The average Bonchev–Trinajstić information content (AvgIpc) is 2.44. The monoisotopic (exact) mass is 334 g/mol. The molecular weight excluding hydrogens is 308 g/mol. The van der Waals surface area contributed by atoms with Crippen LogP contribution in [0.2, 0.25) is 0 Å². The van der Waals surface area contributed by atoms with Crippen LogP contribution in [-0.4, -0.2) is 33.8 Å². The molecule has 24 heavy (non-hydrogen) atoms. The van der Waals surface area contributed by atoms with Crippen LogP contribution in [0, 0.1) is 5.41 Å². The zero-order valence-corrected chi connectivity index (χ0v) is 14.9. The number of rotatable bonds is 7. The highest BCUT2D eigenvalue weighted by Crippen LogP contribution is 2.21. The molecule has 0 radical (unpaired) electrons. The van der Waals surface area contributed by atoms with Gasteiger partial charge in [-0.2, -0.15) is 0 Å². The normalized spacial score (nSPS) is 11.2. The van der Waals surface area contributed by atoms with Gasteiger partial charge in [-0.3, -0.25) is 14.4 Å². The van der Waals surface area contributed by atoms with Crippen molar-refractivity contribution in [2.24, 2.45) is 5.41 Å². The van der Waals surface area contributed by atoms with E-state index in [2.05, 4.69) is 5.32 Å². The molecule has 0 heterocycles. The summed E-state index contributed by atoms with van der Waals surface area (Å²) in [6.45, 7) is 8.99. The minimum absolute atomic E-state index is 0.0123. The largest absolute Gasteiger partial charge is 0.481 e. The van der Waals surface area contributed by atoms with Crippen LogP contribution in [0.3, 0.4) is 0 Å². The molecule has 6 nitrogen and oxygen atoms in total. The summed E-state index contributed by atoms with van der Waals surface area (Å²) in [6, 6.07) is 7.30. The topological polar surface area (TPSA) is 86.7 Å². The van der Waals surface area contributed by atoms with Crippen LogP contribution < -0.4 is 5.32 Å². The van der Waals surface area contributed by atoms with Gasteiger partial charge in [-0.05, 0) is 45.4 Å². The summed E-state index contributed by atoms with van der Waals surface area (Å²) >= 11 is 0. The molecular formula is C18H26N2O4. The maximum atomic E-state index is 11.9. The predicted octanol–water partition coefficient (Wildman–Crippen LogP) is 2.88. The zero-order chi connectivity index (χ0) is 18.5. The molecule has 2 amide bonds. The first-order valence-electron chi connectivity index (χ1n) is 7.92. The second-order valence-corrected chi connectivity index (χ2v) is 6.85. The first-order chi connectivity index (χ1) is 11.0. The van der Waals surface area contributed by atoms with E-state index in [0.717, 1.165) is 5.56 Å². The van der Waals surface area contributed by atoms with Crippen molar-refractivity contribution >= 4 is 23.5 Å². The van der Waals surface area contributed by atoms with Crippen LogP contribution in [-0.2, 0) is 20.9 Å². The van der Waals surface area contributed by atoms with Gasteiger partial charge in [0.1, 0.15) is 0 Å². The molecule has 1 aromatic carbocycles. The van der Waals surface area contributed by atoms with Crippen molar-refractivity contribution < 1.29 is 19.5 Å².